The number of anilines is 1. The molecule has 0 atom stereocenters. The molecule has 2 aromatic rings. The van der Waals surface area contributed by atoms with E-state index in [2.05, 4.69) is 4.37 Å². The van der Waals surface area contributed by atoms with Crippen LogP contribution >= 0.6 is 11.5 Å². The standard InChI is InChI=1S/C8H4F4N2S/c9-5-1-3-6(15-14-7(3)13)2-4(5)8(10,11)12/h1-2H,(H2,13,14). The number of hydrogen-bond donors (Lipinski definition) is 1. The predicted octanol–water partition coefficient (Wildman–Crippen LogP) is 3.04. The van der Waals surface area contributed by atoms with Crippen LogP contribution in [0.4, 0.5) is 23.4 Å². The van der Waals surface area contributed by atoms with Gasteiger partial charge in [-0.25, -0.2) is 4.39 Å². The van der Waals surface area contributed by atoms with E-state index < -0.39 is 17.6 Å². The van der Waals surface area contributed by atoms with Gasteiger partial charge in [-0.15, -0.1) is 0 Å². The van der Waals surface area contributed by atoms with Gasteiger partial charge in [-0.2, -0.15) is 17.5 Å². The van der Waals surface area contributed by atoms with Crippen LogP contribution in [0.5, 0.6) is 0 Å². The second-order valence-corrected chi connectivity index (χ2v) is 3.70. The van der Waals surface area contributed by atoms with Gasteiger partial charge in [0.05, 0.1) is 10.3 Å². The van der Waals surface area contributed by atoms with Crippen molar-refractivity contribution in [1.82, 2.24) is 4.37 Å². The van der Waals surface area contributed by atoms with Gasteiger partial charge < -0.3 is 5.73 Å². The molecule has 1 aromatic heterocycles. The molecule has 0 radical (unpaired) electrons. The highest BCUT2D eigenvalue weighted by Crippen LogP contribution is 2.36. The summed E-state index contributed by atoms with van der Waals surface area (Å²) in [6, 6.07) is 1.48. The van der Waals surface area contributed by atoms with Crippen molar-refractivity contribution in [3.8, 4) is 0 Å². The van der Waals surface area contributed by atoms with Crippen molar-refractivity contribution >= 4 is 27.4 Å². The van der Waals surface area contributed by atoms with Crippen LogP contribution in [-0.2, 0) is 6.18 Å². The third-order valence-corrected chi connectivity index (χ3v) is 2.72. The molecule has 0 fully saturated rings. The maximum atomic E-state index is 13.1. The van der Waals surface area contributed by atoms with Crippen LogP contribution in [0.3, 0.4) is 0 Å². The van der Waals surface area contributed by atoms with E-state index in [1.165, 1.54) is 0 Å². The minimum atomic E-state index is -4.70. The van der Waals surface area contributed by atoms with Gasteiger partial charge in [0.2, 0.25) is 0 Å². The third kappa shape index (κ3) is 1.63. The average molecular weight is 236 g/mol. The van der Waals surface area contributed by atoms with Gasteiger partial charge in [-0.05, 0) is 23.7 Å². The van der Waals surface area contributed by atoms with Crippen LogP contribution in [0.1, 0.15) is 5.56 Å². The van der Waals surface area contributed by atoms with E-state index in [-0.39, 0.29) is 15.9 Å². The molecule has 15 heavy (non-hydrogen) atoms. The Morgan fingerprint density at radius 2 is 1.93 bits per heavy atom. The summed E-state index contributed by atoms with van der Waals surface area (Å²) in [5.74, 6) is -1.29. The zero-order chi connectivity index (χ0) is 11.2. The number of alkyl halides is 3. The number of benzene rings is 1. The number of nitrogens with two attached hydrogens (primary N) is 1. The zero-order valence-electron chi connectivity index (χ0n) is 7.10. The minimum Gasteiger partial charge on any atom is -0.382 e. The number of fused-ring (bicyclic) bond motifs is 1. The molecular weight excluding hydrogens is 232 g/mol. The van der Waals surface area contributed by atoms with E-state index in [1.807, 2.05) is 0 Å². The number of aromatic nitrogens is 1. The van der Waals surface area contributed by atoms with Crippen molar-refractivity contribution in [3.05, 3.63) is 23.5 Å². The van der Waals surface area contributed by atoms with Crippen molar-refractivity contribution in [2.45, 2.75) is 6.18 Å². The van der Waals surface area contributed by atoms with Gasteiger partial charge in [0, 0.05) is 5.39 Å². The maximum Gasteiger partial charge on any atom is 0.419 e. The lowest BCUT2D eigenvalue weighted by Crippen LogP contribution is -2.07. The van der Waals surface area contributed by atoms with Crippen molar-refractivity contribution in [1.29, 1.82) is 0 Å². The number of halogens is 4. The molecule has 2 rings (SSSR count). The van der Waals surface area contributed by atoms with E-state index >= 15 is 0 Å². The molecule has 0 aliphatic carbocycles. The first-order valence-corrected chi connectivity index (χ1v) is 4.58. The highest BCUT2D eigenvalue weighted by molar-refractivity contribution is 7.13. The van der Waals surface area contributed by atoms with Crippen LogP contribution < -0.4 is 5.73 Å². The Kier molecular flexibility index (Phi) is 2.07. The summed E-state index contributed by atoms with van der Waals surface area (Å²) < 4.78 is 53.8. The van der Waals surface area contributed by atoms with Crippen LogP contribution in [0, 0.1) is 5.82 Å². The summed E-state index contributed by atoms with van der Waals surface area (Å²) in [4.78, 5) is 0. The van der Waals surface area contributed by atoms with Crippen molar-refractivity contribution in [2.75, 3.05) is 5.73 Å². The molecule has 80 valence electrons. The first kappa shape index (κ1) is 10.2. The molecule has 0 amide bonds. The van der Waals surface area contributed by atoms with Gasteiger partial charge >= 0.3 is 6.18 Å². The van der Waals surface area contributed by atoms with Gasteiger partial charge in [0.25, 0.3) is 0 Å². The Labute approximate surface area is 85.5 Å². The molecule has 1 aromatic carbocycles. The fourth-order valence-electron chi connectivity index (χ4n) is 1.19. The van der Waals surface area contributed by atoms with Crippen LogP contribution in [0.2, 0.25) is 0 Å². The third-order valence-electron chi connectivity index (χ3n) is 1.89. The second kappa shape index (κ2) is 3.06. The first-order chi connectivity index (χ1) is 6.89. The highest BCUT2D eigenvalue weighted by atomic mass is 32.1. The van der Waals surface area contributed by atoms with Crippen molar-refractivity contribution in [3.63, 3.8) is 0 Å². The fraction of sp³-hybridized carbons (Fsp3) is 0.125. The lowest BCUT2D eigenvalue weighted by molar-refractivity contribution is -0.139. The Bertz CT molecular complexity index is 517. The summed E-state index contributed by atoms with van der Waals surface area (Å²) in [6.07, 6.45) is -4.70. The smallest absolute Gasteiger partial charge is 0.382 e. The second-order valence-electron chi connectivity index (χ2n) is 2.89. The van der Waals surface area contributed by atoms with Crippen LogP contribution in [0.15, 0.2) is 12.1 Å². The van der Waals surface area contributed by atoms with Gasteiger partial charge in [0.1, 0.15) is 11.6 Å². The maximum absolute atomic E-state index is 13.1. The van der Waals surface area contributed by atoms with Crippen LogP contribution in [-0.4, -0.2) is 4.37 Å². The number of nitrogen functional groups attached to an aromatic ring is 1. The van der Waals surface area contributed by atoms with E-state index in [4.69, 9.17) is 5.73 Å². The highest BCUT2D eigenvalue weighted by Gasteiger charge is 2.34. The van der Waals surface area contributed by atoms with E-state index in [0.29, 0.717) is 0 Å². The van der Waals surface area contributed by atoms with Crippen molar-refractivity contribution < 1.29 is 17.6 Å². The lowest BCUT2D eigenvalue weighted by atomic mass is 10.1. The predicted molar refractivity (Wildman–Crippen MR) is 49.0 cm³/mol. The molecule has 0 aliphatic heterocycles. The minimum absolute atomic E-state index is 0.0441. The molecule has 1 heterocycles. The van der Waals surface area contributed by atoms with E-state index in [1.54, 1.807) is 0 Å². The van der Waals surface area contributed by atoms with Gasteiger partial charge in [-0.1, -0.05) is 0 Å². The Morgan fingerprint density at radius 3 is 2.53 bits per heavy atom. The summed E-state index contributed by atoms with van der Waals surface area (Å²) in [5.41, 5.74) is 4.06. The Hall–Kier alpha value is -1.37. The van der Waals surface area contributed by atoms with Gasteiger partial charge in [0.15, 0.2) is 0 Å². The molecular formula is C8H4F4N2S. The molecule has 2 nitrogen and oxygen atoms in total. The first-order valence-electron chi connectivity index (χ1n) is 3.81. The van der Waals surface area contributed by atoms with Crippen molar-refractivity contribution in [2.24, 2.45) is 0 Å². The molecule has 0 unspecified atom stereocenters. The molecule has 7 heteroatoms. The molecule has 0 aliphatic rings. The molecule has 0 bridgehead atoms. The number of nitrogens with zero attached hydrogens (tertiary/aromatic N) is 1. The molecule has 0 spiro atoms. The Morgan fingerprint density at radius 1 is 1.27 bits per heavy atom. The van der Waals surface area contributed by atoms with Gasteiger partial charge in [-0.3, -0.25) is 0 Å². The number of rotatable bonds is 0. The molecule has 2 N–H and O–H groups in total. The monoisotopic (exact) mass is 236 g/mol. The normalized spacial score (nSPS) is 12.3. The Balaban J connectivity index is 2.74. The quantitative estimate of drug-likeness (QED) is 0.714. The average Bonchev–Trinajstić information content (AvgIpc) is 2.45. The topological polar surface area (TPSA) is 38.9 Å². The largest absolute Gasteiger partial charge is 0.419 e. The zero-order valence-corrected chi connectivity index (χ0v) is 7.92. The summed E-state index contributed by atoms with van der Waals surface area (Å²) in [5, 5.41) is 0.213. The fourth-order valence-corrected chi connectivity index (χ4v) is 1.92. The van der Waals surface area contributed by atoms with E-state index in [9.17, 15) is 17.6 Å². The number of hydrogen-bond acceptors (Lipinski definition) is 3. The van der Waals surface area contributed by atoms with Crippen LogP contribution in [0.25, 0.3) is 10.1 Å². The lowest BCUT2D eigenvalue weighted by Gasteiger charge is -2.07. The molecule has 0 saturated heterocycles. The molecule has 0 saturated carbocycles. The SMILES string of the molecule is Nc1nsc2cc(C(F)(F)F)c(F)cc12. The van der Waals surface area contributed by atoms with E-state index in [0.717, 1.165) is 23.7 Å². The summed E-state index contributed by atoms with van der Waals surface area (Å²) >= 11 is 0.811. The summed E-state index contributed by atoms with van der Waals surface area (Å²) in [6.45, 7) is 0. The summed E-state index contributed by atoms with van der Waals surface area (Å²) in [7, 11) is 0.